The number of rotatable bonds is 6. The molecular formula is C14H19NO5. The molecule has 1 unspecified atom stereocenters. The molecular weight excluding hydrogens is 262 g/mol. The molecule has 6 heteroatoms. The molecule has 20 heavy (non-hydrogen) atoms. The topological polar surface area (TPSA) is 76.1 Å². The number of carboxylic acids is 1. The first kappa shape index (κ1) is 15.8. The van der Waals surface area contributed by atoms with Gasteiger partial charge in [-0.25, -0.2) is 4.79 Å². The molecule has 1 aromatic rings. The van der Waals surface area contributed by atoms with E-state index in [-0.39, 0.29) is 5.91 Å². The lowest BCUT2D eigenvalue weighted by Crippen LogP contribution is -2.41. The second-order valence-electron chi connectivity index (χ2n) is 4.25. The van der Waals surface area contributed by atoms with Gasteiger partial charge in [-0.3, -0.25) is 4.79 Å². The van der Waals surface area contributed by atoms with Gasteiger partial charge in [0.1, 0.15) is 6.04 Å². The Morgan fingerprint density at radius 1 is 1.25 bits per heavy atom. The van der Waals surface area contributed by atoms with Gasteiger partial charge < -0.3 is 19.5 Å². The summed E-state index contributed by atoms with van der Waals surface area (Å²) in [5.74, 6) is -0.462. The molecule has 1 atom stereocenters. The van der Waals surface area contributed by atoms with Gasteiger partial charge in [-0.1, -0.05) is 6.92 Å². The zero-order valence-corrected chi connectivity index (χ0v) is 12.0. The van der Waals surface area contributed by atoms with Crippen LogP contribution in [0.3, 0.4) is 0 Å². The Labute approximate surface area is 117 Å². The average molecular weight is 281 g/mol. The van der Waals surface area contributed by atoms with E-state index in [1.54, 1.807) is 19.1 Å². The van der Waals surface area contributed by atoms with Crippen LogP contribution in [0.2, 0.25) is 0 Å². The summed E-state index contributed by atoms with van der Waals surface area (Å²) in [6, 6.07) is 3.87. The molecule has 1 N–H and O–H groups in total. The van der Waals surface area contributed by atoms with Crippen molar-refractivity contribution in [3.05, 3.63) is 23.8 Å². The smallest absolute Gasteiger partial charge is 0.326 e. The Morgan fingerprint density at radius 3 is 2.30 bits per heavy atom. The number of carboxylic acid groups (broad SMARTS) is 1. The first-order chi connectivity index (χ1) is 9.46. The number of carbonyl (C=O) groups is 2. The van der Waals surface area contributed by atoms with Gasteiger partial charge in [0, 0.05) is 12.6 Å². The highest BCUT2D eigenvalue weighted by atomic mass is 16.5. The van der Waals surface area contributed by atoms with Crippen LogP contribution >= 0.6 is 0 Å². The summed E-state index contributed by atoms with van der Waals surface area (Å²) in [5.41, 5.74) is 0.352. The lowest BCUT2D eigenvalue weighted by molar-refractivity contribution is -0.142. The number of hydrogen-bond donors (Lipinski definition) is 1. The van der Waals surface area contributed by atoms with Crippen molar-refractivity contribution < 1.29 is 24.2 Å². The Hall–Kier alpha value is -2.24. The Morgan fingerprint density at radius 2 is 1.85 bits per heavy atom. The minimum absolute atomic E-state index is 0.338. The zero-order chi connectivity index (χ0) is 15.3. The van der Waals surface area contributed by atoms with Gasteiger partial charge in [-0.2, -0.15) is 0 Å². The van der Waals surface area contributed by atoms with Crippen molar-refractivity contribution in [1.29, 1.82) is 0 Å². The van der Waals surface area contributed by atoms with Crippen molar-refractivity contribution in [3.63, 3.8) is 0 Å². The van der Waals surface area contributed by atoms with Gasteiger partial charge in [0.15, 0.2) is 11.5 Å². The van der Waals surface area contributed by atoms with Crippen molar-refractivity contribution in [2.24, 2.45) is 0 Å². The molecule has 0 spiro atoms. The lowest BCUT2D eigenvalue weighted by Gasteiger charge is -2.24. The van der Waals surface area contributed by atoms with E-state index < -0.39 is 12.0 Å². The molecule has 0 aliphatic rings. The minimum atomic E-state index is -1.02. The maximum atomic E-state index is 12.3. The number of methoxy groups -OCH3 is 2. The fraction of sp³-hybridized carbons (Fsp3) is 0.429. The molecule has 0 aromatic heterocycles. The maximum Gasteiger partial charge on any atom is 0.326 e. The molecule has 1 aromatic carbocycles. The van der Waals surface area contributed by atoms with Gasteiger partial charge in [0.25, 0.3) is 5.91 Å². The summed E-state index contributed by atoms with van der Waals surface area (Å²) in [4.78, 5) is 24.6. The number of amides is 1. The Bertz CT molecular complexity index is 500. The highest BCUT2D eigenvalue weighted by Crippen LogP contribution is 2.28. The van der Waals surface area contributed by atoms with Crippen LogP contribution in [0, 0.1) is 0 Å². The number of benzene rings is 1. The fourth-order valence-corrected chi connectivity index (χ4v) is 1.93. The van der Waals surface area contributed by atoms with E-state index in [1.807, 2.05) is 0 Å². The third-order valence-corrected chi connectivity index (χ3v) is 3.09. The number of carbonyl (C=O) groups excluding carboxylic acids is 1. The lowest BCUT2D eigenvalue weighted by atomic mass is 10.1. The van der Waals surface area contributed by atoms with E-state index in [1.165, 1.54) is 32.2 Å². The standard InChI is InChI=1S/C14H19NO5/c1-5-10(14(17)18)15(2)13(16)9-6-7-11(19-3)12(8-9)20-4/h6-8,10H,5H2,1-4H3,(H,17,18). The van der Waals surface area contributed by atoms with Crippen molar-refractivity contribution in [2.75, 3.05) is 21.3 Å². The second-order valence-corrected chi connectivity index (χ2v) is 4.25. The quantitative estimate of drug-likeness (QED) is 0.857. The van der Waals surface area contributed by atoms with Crippen LogP contribution in [0.1, 0.15) is 23.7 Å². The summed E-state index contributed by atoms with van der Waals surface area (Å²) in [6.45, 7) is 1.72. The van der Waals surface area contributed by atoms with Crippen molar-refractivity contribution in [2.45, 2.75) is 19.4 Å². The first-order valence-electron chi connectivity index (χ1n) is 6.18. The van der Waals surface area contributed by atoms with Crippen molar-refractivity contribution in [3.8, 4) is 11.5 Å². The first-order valence-corrected chi connectivity index (χ1v) is 6.18. The number of ether oxygens (including phenoxy) is 2. The summed E-state index contributed by atoms with van der Waals surface area (Å²) in [7, 11) is 4.45. The van der Waals surface area contributed by atoms with Crippen LogP contribution in [0.5, 0.6) is 11.5 Å². The molecule has 0 bridgehead atoms. The van der Waals surface area contributed by atoms with Crippen LogP contribution in [0.15, 0.2) is 18.2 Å². The molecule has 0 saturated carbocycles. The summed E-state index contributed by atoms with van der Waals surface area (Å²) in [6.07, 6.45) is 0.338. The second kappa shape index (κ2) is 6.79. The van der Waals surface area contributed by atoms with E-state index in [4.69, 9.17) is 14.6 Å². The van der Waals surface area contributed by atoms with Crippen LogP contribution in [-0.2, 0) is 4.79 Å². The van der Waals surface area contributed by atoms with Gasteiger partial charge >= 0.3 is 5.97 Å². The average Bonchev–Trinajstić information content (AvgIpc) is 2.45. The van der Waals surface area contributed by atoms with E-state index in [2.05, 4.69) is 0 Å². The number of aliphatic carboxylic acids is 1. The predicted octanol–water partition coefficient (Wildman–Crippen LogP) is 1.64. The van der Waals surface area contributed by atoms with Gasteiger partial charge in [0.05, 0.1) is 14.2 Å². The van der Waals surface area contributed by atoms with Gasteiger partial charge in [-0.15, -0.1) is 0 Å². The summed E-state index contributed by atoms with van der Waals surface area (Å²) < 4.78 is 10.2. The normalized spacial score (nSPS) is 11.6. The van der Waals surface area contributed by atoms with Crippen molar-refractivity contribution in [1.82, 2.24) is 4.90 Å². The minimum Gasteiger partial charge on any atom is -0.493 e. The fourth-order valence-electron chi connectivity index (χ4n) is 1.93. The summed E-state index contributed by atoms with van der Waals surface area (Å²) in [5, 5.41) is 9.08. The number of nitrogens with zero attached hydrogens (tertiary/aromatic N) is 1. The van der Waals surface area contributed by atoms with Crippen LogP contribution in [0.25, 0.3) is 0 Å². The Kier molecular flexibility index (Phi) is 5.37. The largest absolute Gasteiger partial charge is 0.493 e. The molecule has 0 heterocycles. The highest BCUT2D eigenvalue weighted by molar-refractivity contribution is 5.97. The maximum absolute atomic E-state index is 12.3. The predicted molar refractivity (Wildman–Crippen MR) is 73.4 cm³/mol. The third kappa shape index (κ3) is 3.20. The monoisotopic (exact) mass is 281 g/mol. The molecule has 0 radical (unpaired) electrons. The molecule has 110 valence electrons. The Balaban J connectivity index is 3.05. The van der Waals surface area contributed by atoms with Crippen LogP contribution in [0.4, 0.5) is 0 Å². The number of likely N-dealkylation sites (N-methyl/N-ethyl adjacent to an activating group) is 1. The third-order valence-electron chi connectivity index (χ3n) is 3.09. The SMILES string of the molecule is CCC(C(=O)O)N(C)C(=O)c1ccc(OC)c(OC)c1. The molecule has 0 aliphatic heterocycles. The molecule has 0 fully saturated rings. The van der Waals surface area contributed by atoms with Gasteiger partial charge in [-0.05, 0) is 24.6 Å². The molecule has 0 aliphatic carbocycles. The summed E-state index contributed by atoms with van der Waals surface area (Å²) >= 11 is 0. The van der Waals surface area contributed by atoms with Crippen molar-refractivity contribution >= 4 is 11.9 Å². The van der Waals surface area contributed by atoms with Gasteiger partial charge in [0.2, 0.25) is 0 Å². The molecule has 1 amide bonds. The molecule has 1 rings (SSSR count). The highest BCUT2D eigenvalue weighted by Gasteiger charge is 2.26. The molecule has 0 saturated heterocycles. The zero-order valence-electron chi connectivity index (χ0n) is 12.0. The van der Waals surface area contributed by atoms with E-state index in [9.17, 15) is 9.59 Å². The van der Waals surface area contributed by atoms with E-state index in [0.29, 0.717) is 23.5 Å². The van der Waals surface area contributed by atoms with Crippen LogP contribution < -0.4 is 9.47 Å². The van der Waals surface area contributed by atoms with E-state index in [0.717, 1.165) is 0 Å². The number of hydrogen-bond acceptors (Lipinski definition) is 4. The van der Waals surface area contributed by atoms with E-state index >= 15 is 0 Å². The molecule has 6 nitrogen and oxygen atoms in total. The van der Waals surface area contributed by atoms with Crippen LogP contribution in [-0.4, -0.2) is 49.2 Å².